The minimum Gasteiger partial charge on any atom is -0.371 e. The normalized spacial score (nSPS) is 32.7. The van der Waals surface area contributed by atoms with Gasteiger partial charge in [-0.2, -0.15) is 0 Å². The maximum atomic E-state index is 5.86. The maximum absolute atomic E-state index is 5.86. The van der Waals surface area contributed by atoms with Crippen LogP contribution in [0.3, 0.4) is 0 Å². The molecule has 11 heavy (non-hydrogen) atoms. The fourth-order valence-electron chi connectivity index (χ4n) is 1.56. The Balaban J connectivity index is 2.37. The van der Waals surface area contributed by atoms with Crippen molar-refractivity contribution in [2.24, 2.45) is 5.73 Å². The Morgan fingerprint density at radius 3 is 2.27 bits per heavy atom. The molecule has 1 aliphatic rings. The van der Waals surface area contributed by atoms with Gasteiger partial charge in [0.25, 0.3) is 0 Å². The first-order valence-electron chi connectivity index (χ1n) is 4.42. The molecule has 1 saturated carbocycles. The molecule has 1 fully saturated rings. The minimum atomic E-state index is -0.0351. The molecular weight excluding hydrogens is 138 g/mol. The second-order valence-electron chi connectivity index (χ2n) is 4.36. The van der Waals surface area contributed by atoms with Crippen molar-refractivity contribution in [1.29, 1.82) is 0 Å². The van der Waals surface area contributed by atoms with E-state index in [9.17, 15) is 0 Å². The Morgan fingerprint density at radius 1 is 1.27 bits per heavy atom. The lowest BCUT2D eigenvalue weighted by molar-refractivity contribution is -0.0620. The van der Waals surface area contributed by atoms with Crippen LogP contribution in [0, 0.1) is 0 Å². The third kappa shape index (κ3) is 2.80. The Hall–Kier alpha value is -0.0800. The highest BCUT2D eigenvalue weighted by atomic mass is 16.5. The van der Waals surface area contributed by atoms with Gasteiger partial charge in [0.15, 0.2) is 0 Å². The van der Waals surface area contributed by atoms with Gasteiger partial charge in [-0.15, -0.1) is 0 Å². The molecule has 1 aliphatic carbocycles. The van der Waals surface area contributed by atoms with Crippen LogP contribution in [0.15, 0.2) is 0 Å². The van der Waals surface area contributed by atoms with Crippen molar-refractivity contribution in [2.45, 2.75) is 57.8 Å². The molecule has 0 aliphatic heterocycles. The van der Waals surface area contributed by atoms with Crippen LogP contribution in [0.1, 0.15) is 40.0 Å². The second kappa shape index (κ2) is 3.11. The molecule has 1 rings (SSSR count). The van der Waals surface area contributed by atoms with Crippen molar-refractivity contribution in [3.05, 3.63) is 0 Å². The van der Waals surface area contributed by atoms with Crippen LogP contribution in [0.4, 0.5) is 0 Å². The standard InChI is InChI=1S/C9H19NO/c1-9(2,3)11-8-6-4-5-7(8)10/h7-8H,4-6,10H2,1-3H3/t7-,8-/m1/s1. The first-order chi connectivity index (χ1) is 4.99. The predicted molar refractivity (Wildman–Crippen MR) is 46.5 cm³/mol. The van der Waals surface area contributed by atoms with Crippen molar-refractivity contribution >= 4 is 0 Å². The molecule has 2 atom stereocenters. The van der Waals surface area contributed by atoms with Gasteiger partial charge in [0.05, 0.1) is 11.7 Å². The summed E-state index contributed by atoms with van der Waals surface area (Å²) in [5.41, 5.74) is 5.83. The highest BCUT2D eigenvalue weighted by Gasteiger charge is 2.28. The number of hydrogen-bond donors (Lipinski definition) is 1. The van der Waals surface area contributed by atoms with Crippen LogP contribution in [0.25, 0.3) is 0 Å². The highest BCUT2D eigenvalue weighted by Crippen LogP contribution is 2.24. The van der Waals surface area contributed by atoms with Gasteiger partial charge in [0, 0.05) is 6.04 Å². The monoisotopic (exact) mass is 157 g/mol. The van der Waals surface area contributed by atoms with Crippen molar-refractivity contribution in [1.82, 2.24) is 0 Å². The first-order valence-corrected chi connectivity index (χ1v) is 4.42. The lowest BCUT2D eigenvalue weighted by atomic mass is 10.1. The molecule has 0 spiro atoms. The number of hydrogen-bond acceptors (Lipinski definition) is 2. The lowest BCUT2D eigenvalue weighted by Crippen LogP contribution is -2.37. The SMILES string of the molecule is CC(C)(C)O[C@@H]1CCC[C@H]1N. The van der Waals surface area contributed by atoms with Crippen molar-refractivity contribution in [3.8, 4) is 0 Å². The molecular formula is C9H19NO. The summed E-state index contributed by atoms with van der Waals surface area (Å²) >= 11 is 0. The Morgan fingerprint density at radius 2 is 1.91 bits per heavy atom. The smallest absolute Gasteiger partial charge is 0.0733 e. The average molecular weight is 157 g/mol. The molecule has 2 N–H and O–H groups in total. The van der Waals surface area contributed by atoms with E-state index in [0.29, 0.717) is 6.10 Å². The van der Waals surface area contributed by atoms with E-state index in [1.165, 1.54) is 6.42 Å². The Kier molecular flexibility index (Phi) is 2.55. The van der Waals surface area contributed by atoms with Gasteiger partial charge in [0.1, 0.15) is 0 Å². The van der Waals surface area contributed by atoms with Crippen LogP contribution >= 0.6 is 0 Å². The van der Waals surface area contributed by atoms with E-state index in [2.05, 4.69) is 20.8 Å². The number of ether oxygens (including phenoxy) is 1. The van der Waals surface area contributed by atoms with E-state index in [0.717, 1.165) is 12.8 Å². The summed E-state index contributed by atoms with van der Waals surface area (Å²) < 4.78 is 5.79. The second-order valence-corrected chi connectivity index (χ2v) is 4.36. The van der Waals surface area contributed by atoms with E-state index in [1.54, 1.807) is 0 Å². The molecule has 0 saturated heterocycles. The zero-order valence-corrected chi connectivity index (χ0v) is 7.76. The Bertz CT molecular complexity index is 128. The summed E-state index contributed by atoms with van der Waals surface area (Å²) in [6.07, 6.45) is 3.79. The van der Waals surface area contributed by atoms with Gasteiger partial charge in [-0.05, 0) is 40.0 Å². The third-order valence-electron chi connectivity index (χ3n) is 2.01. The van der Waals surface area contributed by atoms with Crippen LogP contribution in [-0.4, -0.2) is 17.7 Å². The van der Waals surface area contributed by atoms with Crippen molar-refractivity contribution < 1.29 is 4.74 Å². The van der Waals surface area contributed by atoms with Gasteiger partial charge >= 0.3 is 0 Å². The summed E-state index contributed by atoms with van der Waals surface area (Å²) in [6.45, 7) is 6.24. The van der Waals surface area contributed by atoms with E-state index in [1.807, 2.05) is 0 Å². The first kappa shape index (κ1) is 9.01. The summed E-state index contributed by atoms with van der Waals surface area (Å²) in [4.78, 5) is 0. The molecule has 0 aromatic rings. The molecule has 0 amide bonds. The van der Waals surface area contributed by atoms with Crippen molar-refractivity contribution in [2.75, 3.05) is 0 Å². The Labute approximate surface area is 69.1 Å². The van der Waals surface area contributed by atoms with E-state index in [4.69, 9.17) is 10.5 Å². The van der Waals surface area contributed by atoms with Gasteiger partial charge in [-0.3, -0.25) is 0 Å². The maximum Gasteiger partial charge on any atom is 0.0733 e. The average Bonchev–Trinajstić information content (AvgIpc) is 2.12. The van der Waals surface area contributed by atoms with E-state index in [-0.39, 0.29) is 11.6 Å². The quantitative estimate of drug-likeness (QED) is 0.628. The van der Waals surface area contributed by atoms with Gasteiger partial charge in [0.2, 0.25) is 0 Å². The van der Waals surface area contributed by atoms with E-state index < -0.39 is 0 Å². The third-order valence-corrected chi connectivity index (χ3v) is 2.01. The predicted octanol–water partition coefficient (Wildman–Crippen LogP) is 1.68. The zero-order chi connectivity index (χ0) is 8.48. The fraction of sp³-hybridized carbons (Fsp3) is 1.00. The zero-order valence-electron chi connectivity index (χ0n) is 7.76. The fourth-order valence-corrected chi connectivity index (χ4v) is 1.56. The van der Waals surface area contributed by atoms with Gasteiger partial charge < -0.3 is 10.5 Å². The molecule has 2 heteroatoms. The molecule has 0 unspecified atom stereocenters. The molecule has 66 valence electrons. The molecule has 0 aromatic heterocycles. The van der Waals surface area contributed by atoms with Crippen LogP contribution < -0.4 is 5.73 Å². The number of nitrogens with two attached hydrogens (primary N) is 1. The lowest BCUT2D eigenvalue weighted by Gasteiger charge is -2.27. The van der Waals surface area contributed by atoms with Crippen LogP contribution in [-0.2, 0) is 4.74 Å². The summed E-state index contributed by atoms with van der Waals surface area (Å²) in [6, 6.07) is 0.272. The molecule has 0 aromatic carbocycles. The molecule has 0 bridgehead atoms. The molecule has 0 heterocycles. The van der Waals surface area contributed by atoms with Crippen molar-refractivity contribution in [3.63, 3.8) is 0 Å². The van der Waals surface area contributed by atoms with E-state index >= 15 is 0 Å². The van der Waals surface area contributed by atoms with Crippen LogP contribution in [0.5, 0.6) is 0 Å². The highest BCUT2D eigenvalue weighted by molar-refractivity contribution is 4.82. The number of rotatable bonds is 1. The van der Waals surface area contributed by atoms with Crippen LogP contribution in [0.2, 0.25) is 0 Å². The summed E-state index contributed by atoms with van der Waals surface area (Å²) in [7, 11) is 0. The minimum absolute atomic E-state index is 0.0351. The van der Waals surface area contributed by atoms with Gasteiger partial charge in [-0.25, -0.2) is 0 Å². The summed E-state index contributed by atoms with van der Waals surface area (Å²) in [5, 5.41) is 0. The van der Waals surface area contributed by atoms with Gasteiger partial charge in [-0.1, -0.05) is 0 Å². The topological polar surface area (TPSA) is 35.2 Å². The molecule has 0 radical (unpaired) electrons. The summed E-state index contributed by atoms with van der Waals surface area (Å²) in [5.74, 6) is 0. The largest absolute Gasteiger partial charge is 0.371 e. The molecule has 2 nitrogen and oxygen atoms in total.